The number of para-hydroxylation sites is 2. The first kappa shape index (κ1) is 41.4. The zero-order valence-electron chi connectivity index (χ0n) is 27.0. The molecule has 7 heteroatoms. The molecule has 0 aromatic heterocycles. The molecule has 0 spiro atoms. The highest BCUT2D eigenvalue weighted by Crippen LogP contribution is 2.29. The Morgan fingerprint density at radius 1 is 0.667 bits per heavy atom. The SMILES string of the molecule is CCOC(C)=[NH+]c1c(C(C)C)cccc1C(C)C.O.[CH2-][C@@H](C)c1cccc(C(C)C)c1[NH+]=C(C)OCC.[Cl-].[Cl-].[H+]. The number of ether oxygens (including phenoxy) is 2. The molecule has 2 aromatic carbocycles. The fourth-order valence-corrected chi connectivity index (χ4v) is 4.18. The Morgan fingerprint density at radius 3 is 1.21 bits per heavy atom. The third kappa shape index (κ3) is 13.2. The lowest BCUT2D eigenvalue weighted by atomic mass is 9.93. The minimum Gasteiger partial charge on any atom is -1.00 e. The molecule has 39 heavy (non-hydrogen) atoms. The van der Waals surface area contributed by atoms with Gasteiger partial charge in [-0.2, -0.15) is 9.98 Å². The van der Waals surface area contributed by atoms with E-state index in [0.29, 0.717) is 31.0 Å². The van der Waals surface area contributed by atoms with E-state index in [2.05, 4.69) is 102 Å². The number of rotatable bonds is 8. The van der Waals surface area contributed by atoms with E-state index < -0.39 is 0 Å². The summed E-state index contributed by atoms with van der Waals surface area (Å²) in [6.45, 7) is 28.8. The van der Waals surface area contributed by atoms with Crippen LogP contribution in [-0.2, 0) is 9.47 Å². The highest BCUT2D eigenvalue weighted by Gasteiger charge is 2.19. The van der Waals surface area contributed by atoms with Crippen LogP contribution in [0.4, 0.5) is 11.4 Å². The lowest BCUT2D eigenvalue weighted by molar-refractivity contribution is -0.370. The lowest BCUT2D eigenvalue weighted by Crippen LogP contribution is -3.00. The molecule has 0 unspecified atom stereocenters. The molecule has 0 aliphatic carbocycles. The molecule has 0 amide bonds. The van der Waals surface area contributed by atoms with Gasteiger partial charge in [0.2, 0.25) is 11.4 Å². The second-order valence-corrected chi connectivity index (χ2v) is 10.2. The largest absolute Gasteiger partial charge is 1.00 e. The van der Waals surface area contributed by atoms with E-state index in [1.807, 2.05) is 27.7 Å². The molecular weight excluding hydrogens is 531 g/mol. The van der Waals surface area contributed by atoms with Crippen LogP contribution in [-0.4, -0.2) is 30.5 Å². The van der Waals surface area contributed by atoms with Crippen LogP contribution >= 0.6 is 0 Å². The van der Waals surface area contributed by atoms with Gasteiger partial charge in [-0.25, -0.2) is 0 Å². The molecular formula is C32H54Cl2N2O3. The van der Waals surface area contributed by atoms with E-state index >= 15 is 0 Å². The smallest absolute Gasteiger partial charge is 1.00 e. The summed E-state index contributed by atoms with van der Waals surface area (Å²) in [5, 5.41) is 0. The first-order chi connectivity index (χ1) is 16.9. The van der Waals surface area contributed by atoms with Gasteiger partial charge in [0, 0.05) is 16.7 Å². The van der Waals surface area contributed by atoms with Crippen molar-refractivity contribution in [1.82, 2.24) is 0 Å². The van der Waals surface area contributed by atoms with E-state index in [4.69, 9.17) is 9.47 Å². The van der Waals surface area contributed by atoms with Crippen LogP contribution in [0.3, 0.4) is 0 Å². The highest BCUT2D eigenvalue weighted by molar-refractivity contribution is 5.69. The molecule has 1 atom stereocenters. The molecule has 0 saturated heterocycles. The molecule has 0 saturated carbocycles. The van der Waals surface area contributed by atoms with Gasteiger partial charge >= 0.3 is 13.2 Å². The maximum atomic E-state index is 5.52. The fourth-order valence-electron chi connectivity index (χ4n) is 4.18. The summed E-state index contributed by atoms with van der Waals surface area (Å²) in [5.74, 6) is 3.43. The summed E-state index contributed by atoms with van der Waals surface area (Å²) < 4.78 is 11.0. The van der Waals surface area contributed by atoms with Crippen molar-refractivity contribution in [2.75, 3.05) is 13.2 Å². The van der Waals surface area contributed by atoms with Crippen molar-refractivity contribution in [2.24, 2.45) is 0 Å². The molecule has 5 nitrogen and oxygen atoms in total. The van der Waals surface area contributed by atoms with Crippen LogP contribution in [0.15, 0.2) is 36.4 Å². The third-order valence-corrected chi connectivity index (χ3v) is 5.98. The Kier molecular flexibility index (Phi) is 22.1. The summed E-state index contributed by atoms with van der Waals surface area (Å²) >= 11 is 0. The average Bonchev–Trinajstić information content (AvgIpc) is 2.79. The number of nitrogens with one attached hydrogen (secondary N) is 2. The van der Waals surface area contributed by atoms with Gasteiger partial charge in [-0.1, -0.05) is 84.9 Å². The number of halogens is 2. The van der Waals surface area contributed by atoms with Gasteiger partial charge in [-0.3, -0.25) is 0 Å². The zero-order valence-corrected chi connectivity index (χ0v) is 27.5. The summed E-state index contributed by atoms with van der Waals surface area (Å²) in [7, 11) is 0. The standard InChI is InChI=1S/C16H25NO.C16H24NO.2ClH.H2O/c2*1-7-18-13(6)17-16-14(11(2)3)9-8-10-15(16)12(4)5;;;/h8-12H,7H2,1-6H3;8-12H,2,7H2,1,3-6H3;2*1H;1H2/q;-1;;;/p+1/t;11-;;;/m.0.../s1. The summed E-state index contributed by atoms with van der Waals surface area (Å²) in [5.41, 5.74) is 7.61. The van der Waals surface area contributed by atoms with Gasteiger partial charge < -0.3 is 46.7 Å². The van der Waals surface area contributed by atoms with Crippen LogP contribution < -0.4 is 34.8 Å². The molecule has 0 aliphatic rings. The van der Waals surface area contributed by atoms with Crippen molar-refractivity contribution in [3.8, 4) is 0 Å². The molecule has 224 valence electrons. The second-order valence-electron chi connectivity index (χ2n) is 10.2. The van der Waals surface area contributed by atoms with E-state index in [0.717, 1.165) is 17.5 Å². The maximum absolute atomic E-state index is 5.52. The Hall–Kier alpha value is -2.08. The number of hydrogen-bond donors (Lipinski definition) is 2. The van der Waals surface area contributed by atoms with E-state index in [-0.39, 0.29) is 37.6 Å². The van der Waals surface area contributed by atoms with Crippen molar-refractivity contribution in [3.05, 3.63) is 65.6 Å². The second kappa shape index (κ2) is 20.8. The Morgan fingerprint density at radius 2 is 0.949 bits per heavy atom. The number of benzene rings is 2. The minimum absolute atomic E-state index is 0. The molecule has 0 fully saturated rings. The molecule has 4 N–H and O–H groups in total. The van der Waals surface area contributed by atoms with E-state index in [9.17, 15) is 0 Å². The van der Waals surface area contributed by atoms with Gasteiger partial charge in [0.25, 0.3) is 0 Å². The summed E-state index contributed by atoms with van der Waals surface area (Å²) in [6, 6.07) is 12.9. The minimum atomic E-state index is 0. The van der Waals surface area contributed by atoms with Crippen LogP contribution in [0.2, 0.25) is 0 Å². The molecule has 2 rings (SSSR count). The van der Waals surface area contributed by atoms with Crippen LogP contribution in [0.25, 0.3) is 0 Å². The maximum Gasteiger partial charge on any atom is 1.00 e. The first-order valence-electron chi connectivity index (χ1n) is 13.5. The normalized spacial score (nSPS) is 12.1. The predicted octanol–water partition coefficient (Wildman–Crippen LogP) is -0.689. The van der Waals surface area contributed by atoms with E-state index in [1.165, 1.54) is 27.9 Å². The van der Waals surface area contributed by atoms with Gasteiger partial charge in [0.15, 0.2) is 0 Å². The molecule has 0 radical (unpaired) electrons. The average molecular weight is 586 g/mol. The fraction of sp³-hybridized carbons (Fsp3) is 0.531. The third-order valence-electron chi connectivity index (χ3n) is 5.98. The van der Waals surface area contributed by atoms with Crippen molar-refractivity contribution >= 4 is 23.2 Å². The molecule has 0 aliphatic heterocycles. The Labute approximate surface area is 252 Å². The van der Waals surface area contributed by atoms with Crippen molar-refractivity contribution in [1.29, 1.82) is 0 Å². The van der Waals surface area contributed by atoms with Crippen molar-refractivity contribution < 1.29 is 51.2 Å². The number of hydrogen-bond acceptors (Lipinski definition) is 2. The van der Waals surface area contributed by atoms with Gasteiger partial charge in [-0.05, 0) is 37.2 Å². The Balaban J connectivity index is -0.000000295. The van der Waals surface area contributed by atoms with Crippen molar-refractivity contribution in [3.63, 3.8) is 0 Å². The zero-order chi connectivity index (χ0) is 27.4. The van der Waals surface area contributed by atoms with Gasteiger partial charge in [-0.15, -0.1) is 5.92 Å². The van der Waals surface area contributed by atoms with Crippen LogP contribution in [0, 0.1) is 6.92 Å². The van der Waals surface area contributed by atoms with Crippen molar-refractivity contribution in [2.45, 2.75) is 99.8 Å². The van der Waals surface area contributed by atoms with Gasteiger partial charge in [0.1, 0.15) is 0 Å². The topological polar surface area (TPSA) is 77.9 Å². The van der Waals surface area contributed by atoms with Gasteiger partial charge in [0.05, 0.1) is 27.1 Å². The van der Waals surface area contributed by atoms with Crippen LogP contribution in [0.5, 0.6) is 0 Å². The molecule has 0 bridgehead atoms. The first-order valence-corrected chi connectivity index (χ1v) is 13.5. The quantitative estimate of drug-likeness (QED) is 0.245. The Bertz CT molecular complexity index is 889. The molecule has 2 aromatic rings. The highest BCUT2D eigenvalue weighted by atomic mass is 35.5. The predicted molar refractivity (Wildman–Crippen MR) is 160 cm³/mol. The molecule has 0 heterocycles. The van der Waals surface area contributed by atoms with Crippen LogP contribution in [0.1, 0.15) is 124 Å². The van der Waals surface area contributed by atoms with E-state index in [1.54, 1.807) is 0 Å². The monoisotopic (exact) mass is 584 g/mol. The summed E-state index contributed by atoms with van der Waals surface area (Å²) in [4.78, 5) is 6.83. The lowest BCUT2D eigenvalue weighted by Gasteiger charge is -2.16. The summed E-state index contributed by atoms with van der Waals surface area (Å²) in [6.07, 6.45) is 0.